The molecule has 0 aliphatic rings. The molecule has 0 aliphatic heterocycles. The maximum absolute atomic E-state index is 13.5. The highest BCUT2D eigenvalue weighted by Gasteiger charge is 2.10. The van der Waals surface area contributed by atoms with Crippen molar-refractivity contribution in [2.75, 3.05) is 20.8 Å². The number of ether oxygens (including phenoxy) is 2. The predicted octanol–water partition coefficient (Wildman–Crippen LogP) is 0.942. The van der Waals surface area contributed by atoms with Crippen LogP contribution in [0.15, 0.2) is 40.9 Å². The fraction of sp³-hybridized carbons (Fsp3) is 0.294. The van der Waals surface area contributed by atoms with Gasteiger partial charge in [-0.1, -0.05) is 18.2 Å². The summed E-state index contributed by atoms with van der Waals surface area (Å²) in [5.41, 5.74) is 1.79. The van der Waals surface area contributed by atoms with Gasteiger partial charge in [0, 0.05) is 6.54 Å². The highest BCUT2D eigenvalue weighted by molar-refractivity contribution is 9.10. The van der Waals surface area contributed by atoms with Crippen molar-refractivity contribution in [2.24, 2.45) is 0 Å². The third kappa shape index (κ3) is 5.37. The van der Waals surface area contributed by atoms with E-state index in [9.17, 15) is 4.39 Å². The summed E-state index contributed by atoms with van der Waals surface area (Å²) < 4.78 is 25.0. The number of halogens is 3. The zero-order valence-corrected chi connectivity index (χ0v) is 15.4. The zero-order chi connectivity index (χ0) is 15.9. The second-order valence-electron chi connectivity index (χ2n) is 4.83. The van der Waals surface area contributed by atoms with Crippen molar-refractivity contribution in [3.63, 3.8) is 0 Å². The van der Waals surface area contributed by atoms with E-state index in [1.54, 1.807) is 20.3 Å². The molecule has 0 aromatic heterocycles. The quantitative estimate of drug-likeness (QED) is 0.698. The molecule has 2 rings (SSSR count). The normalized spacial score (nSPS) is 10.1. The minimum absolute atomic E-state index is 0. The number of hydrogen-bond donors (Lipinski definition) is 1. The molecule has 0 bridgehead atoms. The third-order valence-corrected chi connectivity index (χ3v) is 3.94. The van der Waals surface area contributed by atoms with Crippen LogP contribution in [0.5, 0.6) is 11.5 Å². The van der Waals surface area contributed by atoms with Gasteiger partial charge in [-0.2, -0.15) is 0 Å². The molecule has 126 valence electrons. The first kappa shape index (κ1) is 19.7. The van der Waals surface area contributed by atoms with E-state index in [0.29, 0.717) is 31.0 Å². The van der Waals surface area contributed by atoms with Crippen molar-refractivity contribution in [3.8, 4) is 11.5 Å². The highest BCUT2D eigenvalue weighted by atomic mass is 79.9. The molecule has 2 aromatic rings. The summed E-state index contributed by atoms with van der Waals surface area (Å²) in [6, 6.07) is 10.8. The van der Waals surface area contributed by atoms with Gasteiger partial charge in [0.05, 0.1) is 18.7 Å². The third-order valence-electron chi connectivity index (χ3n) is 3.35. The molecule has 1 N–H and O–H groups in total. The van der Waals surface area contributed by atoms with Gasteiger partial charge in [0.1, 0.15) is 5.82 Å². The Bertz CT molecular complexity index is 640. The lowest BCUT2D eigenvalue weighted by Crippen LogP contribution is -3.00. The van der Waals surface area contributed by atoms with Gasteiger partial charge in [-0.05, 0) is 58.2 Å². The van der Waals surface area contributed by atoms with Gasteiger partial charge in [0.25, 0.3) is 0 Å². The Kier molecular flexibility index (Phi) is 8.37. The molecule has 0 heterocycles. The first-order valence-corrected chi connectivity index (χ1v) is 7.79. The number of rotatable bonds is 7. The Balaban J connectivity index is 0.00000264. The predicted molar refractivity (Wildman–Crippen MR) is 89.1 cm³/mol. The molecule has 3 nitrogen and oxygen atoms in total. The molecular formula is C17H19BrClFNO2-. The lowest BCUT2D eigenvalue weighted by atomic mass is 10.1. The molecule has 2 aromatic carbocycles. The summed E-state index contributed by atoms with van der Waals surface area (Å²) in [7, 11) is 3.22. The summed E-state index contributed by atoms with van der Waals surface area (Å²) in [4.78, 5) is 0. The maximum Gasteiger partial charge on any atom is 0.174 e. The Labute approximate surface area is 150 Å². The lowest BCUT2D eigenvalue weighted by Gasteiger charge is -2.12. The molecule has 6 heteroatoms. The molecule has 0 radical (unpaired) electrons. The van der Waals surface area contributed by atoms with Crippen LogP contribution in [0.4, 0.5) is 4.39 Å². The average Bonchev–Trinajstić information content (AvgIpc) is 2.52. The van der Waals surface area contributed by atoms with Crippen LogP contribution in [0.1, 0.15) is 11.1 Å². The van der Waals surface area contributed by atoms with Crippen LogP contribution in [0.25, 0.3) is 0 Å². The Morgan fingerprint density at radius 2 is 1.87 bits per heavy atom. The van der Waals surface area contributed by atoms with Crippen LogP contribution >= 0.6 is 15.9 Å². The highest BCUT2D eigenvalue weighted by Crippen LogP contribution is 2.36. The van der Waals surface area contributed by atoms with E-state index < -0.39 is 0 Å². The van der Waals surface area contributed by atoms with Gasteiger partial charge < -0.3 is 27.2 Å². The van der Waals surface area contributed by atoms with E-state index >= 15 is 0 Å². The number of methoxy groups -OCH3 is 2. The Morgan fingerprint density at radius 3 is 2.52 bits per heavy atom. The van der Waals surface area contributed by atoms with Gasteiger partial charge >= 0.3 is 0 Å². The molecule has 0 aliphatic carbocycles. The van der Waals surface area contributed by atoms with E-state index in [1.165, 1.54) is 6.07 Å². The SMILES string of the molecule is COc1cc(CNCCc2ccccc2F)cc(Br)c1OC.[Cl-]. The van der Waals surface area contributed by atoms with Crippen molar-refractivity contribution in [3.05, 3.63) is 57.8 Å². The van der Waals surface area contributed by atoms with Crippen molar-refractivity contribution >= 4 is 15.9 Å². The van der Waals surface area contributed by atoms with Gasteiger partial charge in [-0.3, -0.25) is 0 Å². The molecule has 0 fully saturated rings. The lowest BCUT2D eigenvalue weighted by molar-refractivity contribution is -0.00000550. The number of hydrogen-bond acceptors (Lipinski definition) is 3. The van der Waals surface area contributed by atoms with Crippen LogP contribution in [-0.4, -0.2) is 20.8 Å². The van der Waals surface area contributed by atoms with Gasteiger partial charge in [0.15, 0.2) is 11.5 Å². The average molecular weight is 404 g/mol. The summed E-state index contributed by atoms with van der Waals surface area (Å²) in [5, 5.41) is 3.31. The summed E-state index contributed by atoms with van der Waals surface area (Å²) in [6.45, 7) is 1.38. The zero-order valence-electron chi connectivity index (χ0n) is 13.0. The number of nitrogens with one attached hydrogen (secondary N) is 1. The van der Waals surface area contributed by atoms with Crippen LogP contribution in [0.3, 0.4) is 0 Å². The second-order valence-corrected chi connectivity index (χ2v) is 5.69. The minimum Gasteiger partial charge on any atom is -1.00 e. The van der Waals surface area contributed by atoms with Crippen molar-refractivity contribution in [1.82, 2.24) is 5.32 Å². The molecule has 23 heavy (non-hydrogen) atoms. The van der Waals surface area contributed by atoms with E-state index in [0.717, 1.165) is 15.6 Å². The molecular weight excluding hydrogens is 385 g/mol. The van der Waals surface area contributed by atoms with E-state index in [-0.39, 0.29) is 18.2 Å². The van der Waals surface area contributed by atoms with Crippen LogP contribution in [-0.2, 0) is 13.0 Å². The molecule has 0 saturated carbocycles. The van der Waals surface area contributed by atoms with E-state index in [4.69, 9.17) is 9.47 Å². The van der Waals surface area contributed by atoms with Crippen molar-refractivity contribution in [2.45, 2.75) is 13.0 Å². The summed E-state index contributed by atoms with van der Waals surface area (Å²) in [6.07, 6.45) is 0.654. The fourth-order valence-electron chi connectivity index (χ4n) is 2.23. The summed E-state index contributed by atoms with van der Waals surface area (Å²) >= 11 is 3.47. The summed E-state index contributed by atoms with van der Waals surface area (Å²) in [5.74, 6) is 1.21. The van der Waals surface area contributed by atoms with Gasteiger partial charge in [0.2, 0.25) is 0 Å². The van der Waals surface area contributed by atoms with Crippen LogP contribution in [0, 0.1) is 5.82 Å². The maximum atomic E-state index is 13.5. The van der Waals surface area contributed by atoms with Crippen LogP contribution < -0.4 is 27.2 Å². The minimum atomic E-state index is -0.154. The Hall–Kier alpha value is -1.30. The van der Waals surface area contributed by atoms with E-state index in [1.807, 2.05) is 24.3 Å². The first-order chi connectivity index (χ1) is 10.7. The monoisotopic (exact) mass is 402 g/mol. The fourth-order valence-corrected chi connectivity index (χ4v) is 2.88. The molecule has 0 saturated heterocycles. The largest absolute Gasteiger partial charge is 1.00 e. The Morgan fingerprint density at radius 1 is 1.13 bits per heavy atom. The number of benzene rings is 2. The first-order valence-electron chi connectivity index (χ1n) is 7.00. The molecule has 0 unspecified atom stereocenters. The van der Waals surface area contributed by atoms with Gasteiger partial charge in [-0.25, -0.2) is 4.39 Å². The second kappa shape index (κ2) is 9.75. The standard InChI is InChI=1S/C17H19BrFNO2.ClH/c1-21-16-10-12(9-14(18)17(16)22-2)11-20-8-7-13-5-3-4-6-15(13)19;/h3-6,9-10,20H,7-8,11H2,1-2H3;1H/p-1. The van der Waals surface area contributed by atoms with E-state index in [2.05, 4.69) is 21.2 Å². The topological polar surface area (TPSA) is 30.5 Å². The smallest absolute Gasteiger partial charge is 0.174 e. The molecule has 0 spiro atoms. The molecule has 0 atom stereocenters. The van der Waals surface area contributed by atoms with Crippen LogP contribution in [0.2, 0.25) is 0 Å². The van der Waals surface area contributed by atoms with Gasteiger partial charge in [-0.15, -0.1) is 0 Å². The van der Waals surface area contributed by atoms with Crippen molar-refractivity contribution in [1.29, 1.82) is 0 Å². The van der Waals surface area contributed by atoms with Crippen molar-refractivity contribution < 1.29 is 26.3 Å². The molecule has 0 amide bonds.